The first-order chi connectivity index (χ1) is 9.47. The molecular formula is C14H16N2O3S. The van der Waals surface area contributed by atoms with E-state index < -0.39 is 9.84 Å². The minimum Gasteiger partial charge on any atom is -0.383 e. The summed E-state index contributed by atoms with van der Waals surface area (Å²) >= 11 is 0. The SMILES string of the molecule is CS(=O)(=O)c1ccc(NCCn2ccccc2=O)cc1. The number of hydrogen-bond acceptors (Lipinski definition) is 4. The Morgan fingerprint density at radius 2 is 1.80 bits per heavy atom. The fourth-order valence-electron chi connectivity index (χ4n) is 1.79. The van der Waals surface area contributed by atoms with Crippen LogP contribution in [0.5, 0.6) is 0 Å². The molecule has 106 valence electrons. The average molecular weight is 292 g/mol. The average Bonchev–Trinajstić information content (AvgIpc) is 2.40. The van der Waals surface area contributed by atoms with Gasteiger partial charge in [-0.2, -0.15) is 0 Å². The van der Waals surface area contributed by atoms with Crippen molar-refractivity contribution in [3.8, 4) is 0 Å². The van der Waals surface area contributed by atoms with Crippen molar-refractivity contribution in [3.05, 3.63) is 59.0 Å². The Balaban J connectivity index is 1.95. The van der Waals surface area contributed by atoms with E-state index in [0.717, 1.165) is 5.69 Å². The molecule has 0 aliphatic carbocycles. The van der Waals surface area contributed by atoms with Crippen molar-refractivity contribution in [2.24, 2.45) is 0 Å². The highest BCUT2D eigenvalue weighted by molar-refractivity contribution is 7.90. The normalized spacial score (nSPS) is 11.2. The molecule has 0 spiro atoms. The van der Waals surface area contributed by atoms with Gasteiger partial charge in [-0.1, -0.05) is 6.07 Å². The van der Waals surface area contributed by atoms with Crippen LogP contribution in [0.25, 0.3) is 0 Å². The molecule has 0 saturated heterocycles. The molecule has 2 rings (SSSR count). The third kappa shape index (κ3) is 3.71. The van der Waals surface area contributed by atoms with Crippen LogP contribution in [0.2, 0.25) is 0 Å². The molecule has 0 aliphatic rings. The number of aromatic nitrogens is 1. The maximum absolute atomic E-state index is 11.5. The number of nitrogens with one attached hydrogen (secondary N) is 1. The van der Waals surface area contributed by atoms with Crippen LogP contribution in [0.15, 0.2) is 58.4 Å². The smallest absolute Gasteiger partial charge is 0.250 e. The standard InChI is InChI=1S/C14H16N2O3S/c1-20(18,19)13-7-5-12(6-8-13)15-9-11-16-10-3-2-4-14(16)17/h2-8,10,15H,9,11H2,1H3. The molecule has 0 saturated carbocycles. The van der Waals surface area contributed by atoms with E-state index in [0.29, 0.717) is 18.0 Å². The van der Waals surface area contributed by atoms with Crippen molar-refractivity contribution in [2.45, 2.75) is 11.4 Å². The molecule has 20 heavy (non-hydrogen) atoms. The van der Waals surface area contributed by atoms with Crippen molar-refractivity contribution in [1.29, 1.82) is 0 Å². The molecule has 0 unspecified atom stereocenters. The highest BCUT2D eigenvalue weighted by Crippen LogP contribution is 2.13. The number of hydrogen-bond donors (Lipinski definition) is 1. The Morgan fingerprint density at radius 1 is 1.10 bits per heavy atom. The lowest BCUT2D eigenvalue weighted by molar-refractivity contribution is 0.602. The number of anilines is 1. The molecular weight excluding hydrogens is 276 g/mol. The maximum atomic E-state index is 11.5. The van der Waals surface area contributed by atoms with Gasteiger partial charge in [0.2, 0.25) is 0 Å². The van der Waals surface area contributed by atoms with E-state index >= 15 is 0 Å². The minimum atomic E-state index is -3.16. The molecule has 1 aromatic carbocycles. The predicted octanol–water partition coefficient (Wildman–Crippen LogP) is 1.36. The molecule has 2 aromatic rings. The van der Waals surface area contributed by atoms with E-state index in [1.165, 1.54) is 12.3 Å². The van der Waals surface area contributed by atoms with Crippen LogP contribution >= 0.6 is 0 Å². The quantitative estimate of drug-likeness (QED) is 0.903. The van der Waals surface area contributed by atoms with Crippen LogP contribution in [0.3, 0.4) is 0 Å². The summed E-state index contributed by atoms with van der Waals surface area (Å²) in [5, 5.41) is 3.14. The molecule has 5 nitrogen and oxygen atoms in total. The summed E-state index contributed by atoms with van der Waals surface area (Å²) in [7, 11) is -3.16. The van der Waals surface area contributed by atoms with Gasteiger partial charge in [0.15, 0.2) is 9.84 Å². The summed E-state index contributed by atoms with van der Waals surface area (Å²) in [5.74, 6) is 0. The summed E-state index contributed by atoms with van der Waals surface area (Å²) in [5.41, 5.74) is 0.781. The Bertz CT molecular complexity index is 734. The van der Waals surface area contributed by atoms with E-state index in [9.17, 15) is 13.2 Å². The Labute approximate surface area is 117 Å². The molecule has 0 fully saturated rings. The van der Waals surface area contributed by atoms with Crippen molar-refractivity contribution in [1.82, 2.24) is 4.57 Å². The highest BCUT2D eigenvalue weighted by Gasteiger charge is 2.05. The van der Waals surface area contributed by atoms with E-state index in [1.54, 1.807) is 41.1 Å². The first-order valence-electron chi connectivity index (χ1n) is 6.16. The molecule has 1 aromatic heterocycles. The summed E-state index contributed by atoms with van der Waals surface area (Å²) in [6.45, 7) is 1.13. The van der Waals surface area contributed by atoms with Gasteiger partial charge in [0.05, 0.1) is 4.90 Å². The number of nitrogens with zero attached hydrogens (tertiary/aromatic N) is 1. The van der Waals surface area contributed by atoms with E-state index in [2.05, 4.69) is 5.32 Å². The molecule has 0 aliphatic heterocycles. The second-order valence-electron chi connectivity index (χ2n) is 4.46. The lowest BCUT2D eigenvalue weighted by atomic mass is 10.3. The monoisotopic (exact) mass is 292 g/mol. The summed E-state index contributed by atoms with van der Waals surface area (Å²) < 4.78 is 24.3. The van der Waals surface area contributed by atoms with E-state index in [4.69, 9.17) is 0 Å². The van der Waals surface area contributed by atoms with Crippen molar-refractivity contribution < 1.29 is 8.42 Å². The second kappa shape index (κ2) is 5.92. The van der Waals surface area contributed by atoms with Gasteiger partial charge in [-0.05, 0) is 30.3 Å². The van der Waals surface area contributed by atoms with Gasteiger partial charge in [-0.3, -0.25) is 4.79 Å². The van der Waals surface area contributed by atoms with Crippen LogP contribution in [-0.4, -0.2) is 25.8 Å². The van der Waals surface area contributed by atoms with Crippen LogP contribution in [-0.2, 0) is 16.4 Å². The number of rotatable bonds is 5. The number of benzene rings is 1. The largest absolute Gasteiger partial charge is 0.383 e. The van der Waals surface area contributed by atoms with Gasteiger partial charge in [-0.15, -0.1) is 0 Å². The second-order valence-corrected chi connectivity index (χ2v) is 6.47. The minimum absolute atomic E-state index is 0.0401. The van der Waals surface area contributed by atoms with Crippen molar-refractivity contribution >= 4 is 15.5 Å². The summed E-state index contributed by atoms with van der Waals surface area (Å²) in [6.07, 6.45) is 2.91. The maximum Gasteiger partial charge on any atom is 0.250 e. The van der Waals surface area contributed by atoms with Crippen molar-refractivity contribution in [2.75, 3.05) is 18.1 Å². The zero-order valence-electron chi connectivity index (χ0n) is 11.1. The molecule has 0 atom stereocenters. The highest BCUT2D eigenvalue weighted by atomic mass is 32.2. The molecule has 0 amide bonds. The lowest BCUT2D eigenvalue weighted by Crippen LogP contribution is -2.21. The molecule has 1 heterocycles. The molecule has 0 bridgehead atoms. The first-order valence-corrected chi connectivity index (χ1v) is 8.05. The zero-order valence-corrected chi connectivity index (χ0v) is 11.9. The van der Waals surface area contributed by atoms with Crippen LogP contribution in [0.4, 0.5) is 5.69 Å². The Hall–Kier alpha value is -2.08. The molecule has 0 radical (unpaired) electrons. The van der Waals surface area contributed by atoms with Gasteiger partial charge in [0.1, 0.15) is 0 Å². The van der Waals surface area contributed by atoms with Crippen molar-refractivity contribution in [3.63, 3.8) is 0 Å². The zero-order chi connectivity index (χ0) is 14.6. The van der Waals surface area contributed by atoms with Gasteiger partial charge in [0, 0.05) is 37.3 Å². The fourth-order valence-corrected chi connectivity index (χ4v) is 2.42. The Kier molecular flexibility index (Phi) is 4.24. The van der Waals surface area contributed by atoms with Crippen LogP contribution < -0.4 is 10.9 Å². The Morgan fingerprint density at radius 3 is 2.40 bits per heavy atom. The number of pyridine rings is 1. The lowest BCUT2D eigenvalue weighted by Gasteiger charge is -2.08. The summed E-state index contributed by atoms with van der Waals surface area (Å²) in [4.78, 5) is 11.8. The third-order valence-corrected chi connectivity index (χ3v) is 3.99. The van der Waals surface area contributed by atoms with Gasteiger partial charge in [0.25, 0.3) is 5.56 Å². The summed E-state index contributed by atoms with van der Waals surface area (Å²) in [6, 6.07) is 11.6. The van der Waals surface area contributed by atoms with E-state index in [-0.39, 0.29) is 5.56 Å². The predicted molar refractivity (Wildman–Crippen MR) is 78.7 cm³/mol. The topological polar surface area (TPSA) is 68.2 Å². The van der Waals surface area contributed by atoms with Gasteiger partial charge >= 0.3 is 0 Å². The fraction of sp³-hybridized carbons (Fsp3) is 0.214. The van der Waals surface area contributed by atoms with Crippen LogP contribution in [0, 0.1) is 0 Å². The third-order valence-electron chi connectivity index (χ3n) is 2.86. The first kappa shape index (κ1) is 14.3. The van der Waals surface area contributed by atoms with E-state index in [1.807, 2.05) is 6.07 Å². The van der Waals surface area contributed by atoms with Gasteiger partial charge < -0.3 is 9.88 Å². The number of sulfone groups is 1. The molecule has 6 heteroatoms. The molecule has 1 N–H and O–H groups in total. The van der Waals surface area contributed by atoms with Crippen LogP contribution in [0.1, 0.15) is 0 Å². The van der Waals surface area contributed by atoms with Gasteiger partial charge in [-0.25, -0.2) is 8.42 Å².